The number of carboxylic acids is 1. The number of methoxy groups -OCH3 is 1. The van der Waals surface area contributed by atoms with Crippen LogP contribution in [-0.2, 0) is 9.53 Å². The van der Waals surface area contributed by atoms with Gasteiger partial charge in [-0.25, -0.2) is 0 Å². The van der Waals surface area contributed by atoms with Crippen LogP contribution in [0.25, 0.3) is 0 Å². The van der Waals surface area contributed by atoms with Crippen LogP contribution < -0.4 is 5.32 Å². The normalized spacial score (nSPS) is 29.7. The van der Waals surface area contributed by atoms with Gasteiger partial charge in [0.15, 0.2) is 0 Å². The Hall–Kier alpha value is -0.650. The first-order valence-corrected chi connectivity index (χ1v) is 6.67. The zero-order valence-corrected chi connectivity index (χ0v) is 11.9. The fourth-order valence-electron chi connectivity index (χ4n) is 3.10. The first-order valence-electron chi connectivity index (χ1n) is 6.67. The number of nitrogens with zero attached hydrogens (tertiary/aromatic N) is 1. The summed E-state index contributed by atoms with van der Waals surface area (Å²) in [5, 5.41) is 12.4. The number of hydrogen-bond acceptors (Lipinski definition) is 4. The van der Waals surface area contributed by atoms with Crippen molar-refractivity contribution in [1.82, 2.24) is 10.2 Å². The topological polar surface area (TPSA) is 61.8 Å². The third-order valence-electron chi connectivity index (χ3n) is 4.18. The molecule has 0 radical (unpaired) electrons. The maximum absolute atomic E-state index is 11.4. The van der Waals surface area contributed by atoms with Gasteiger partial charge in [0.25, 0.3) is 0 Å². The van der Waals surface area contributed by atoms with Crippen LogP contribution in [0.2, 0.25) is 0 Å². The number of carboxylic acid groups (broad SMARTS) is 1. The van der Waals surface area contributed by atoms with Crippen molar-refractivity contribution in [2.75, 3.05) is 27.3 Å². The van der Waals surface area contributed by atoms with E-state index in [4.69, 9.17) is 4.74 Å². The van der Waals surface area contributed by atoms with E-state index < -0.39 is 11.5 Å². The maximum Gasteiger partial charge on any atom is 0.323 e. The Morgan fingerprint density at radius 2 is 2.33 bits per heavy atom. The average molecular weight is 258 g/mol. The molecule has 1 rings (SSSR count). The molecule has 0 aromatic rings. The Balaban J connectivity index is 2.71. The van der Waals surface area contributed by atoms with Crippen LogP contribution in [0.5, 0.6) is 0 Å². The quantitative estimate of drug-likeness (QED) is 0.711. The summed E-state index contributed by atoms with van der Waals surface area (Å²) in [4.78, 5) is 13.8. The van der Waals surface area contributed by atoms with Gasteiger partial charge in [-0.2, -0.15) is 0 Å². The van der Waals surface area contributed by atoms with Gasteiger partial charge in [0.05, 0.1) is 6.61 Å². The number of ether oxygens (including phenoxy) is 1. The van der Waals surface area contributed by atoms with Gasteiger partial charge >= 0.3 is 5.97 Å². The first-order chi connectivity index (χ1) is 8.50. The average Bonchev–Trinajstić information content (AvgIpc) is 2.76. The highest BCUT2D eigenvalue weighted by atomic mass is 16.5. The van der Waals surface area contributed by atoms with E-state index in [1.165, 1.54) is 0 Å². The molecule has 0 saturated heterocycles. The summed E-state index contributed by atoms with van der Waals surface area (Å²) >= 11 is 0. The second-order valence-electron chi connectivity index (χ2n) is 5.17. The van der Waals surface area contributed by atoms with Gasteiger partial charge in [0, 0.05) is 19.2 Å². The van der Waals surface area contributed by atoms with Gasteiger partial charge in [0.2, 0.25) is 0 Å². The summed E-state index contributed by atoms with van der Waals surface area (Å²) in [5.41, 5.74) is -0.745. The van der Waals surface area contributed by atoms with Gasteiger partial charge in [-0.1, -0.05) is 6.92 Å². The fourth-order valence-corrected chi connectivity index (χ4v) is 3.10. The number of likely N-dealkylation sites (N-methyl/N-ethyl adjacent to an activating group) is 2. The smallest absolute Gasteiger partial charge is 0.323 e. The molecule has 0 aromatic heterocycles. The van der Waals surface area contributed by atoms with Gasteiger partial charge in [0.1, 0.15) is 5.54 Å². The van der Waals surface area contributed by atoms with Crippen LogP contribution >= 0.6 is 0 Å². The second kappa shape index (κ2) is 6.50. The molecular formula is C13H26N2O3. The first kappa shape index (κ1) is 15.4. The number of hydrogen-bond donors (Lipinski definition) is 2. The lowest BCUT2D eigenvalue weighted by atomic mass is 9.97. The molecule has 3 unspecified atom stereocenters. The van der Waals surface area contributed by atoms with Gasteiger partial charge in [-0.05, 0) is 39.8 Å². The SMILES string of the molecule is CCN(C(C)COC)C1CCC(NC)(C(=O)O)C1. The summed E-state index contributed by atoms with van der Waals surface area (Å²) in [6, 6.07) is 0.648. The van der Waals surface area contributed by atoms with E-state index in [1.807, 2.05) is 0 Å². The molecule has 1 saturated carbocycles. The molecular weight excluding hydrogens is 232 g/mol. The van der Waals surface area contributed by atoms with Gasteiger partial charge < -0.3 is 15.2 Å². The van der Waals surface area contributed by atoms with Gasteiger partial charge in [-0.15, -0.1) is 0 Å². The van der Waals surface area contributed by atoms with Crippen molar-refractivity contribution in [1.29, 1.82) is 0 Å². The Labute approximate surface area is 109 Å². The summed E-state index contributed by atoms with van der Waals surface area (Å²) in [7, 11) is 3.44. The fraction of sp³-hybridized carbons (Fsp3) is 0.923. The minimum absolute atomic E-state index is 0.323. The van der Waals surface area contributed by atoms with E-state index in [2.05, 4.69) is 24.1 Å². The van der Waals surface area contributed by atoms with Crippen molar-refractivity contribution >= 4 is 5.97 Å². The molecule has 0 heterocycles. The van der Waals surface area contributed by atoms with Crippen molar-refractivity contribution < 1.29 is 14.6 Å². The molecule has 0 bridgehead atoms. The summed E-state index contributed by atoms with van der Waals surface area (Å²) in [6.45, 7) is 5.86. The van der Waals surface area contributed by atoms with Crippen molar-refractivity contribution in [2.24, 2.45) is 0 Å². The Morgan fingerprint density at radius 3 is 2.72 bits per heavy atom. The second-order valence-corrected chi connectivity index (χ2v) is 5.17. The molecule has 5 nitrogen and oxygen atoms in total. The predicted molar refractivity (Wildman–Crippen MR) is 70.8 cm³/mol. The van der Waals surface area contributed by atoms with Crippen LogP contribution in [-0.4, -0.2) is 60.9 Å². The number of carbonyl (C=O) groups is 1. The molecule has 0 spiro atoms. The van der Waals surface area contributed by atoms with E-state index in [9.17, 15) is 9.90 Å². The molecule has 3 atom stereocenters. The highest BCUT2D eigenvalue weighted by Gasteiger charge is 2.46. The predicted octanol–water partition coefficient (Wildman–Crippen LogP) is 0.939. The highest BCUT2D eigenvalue weighted by Crippen LogP contribution is 2.34. The van der Waals surface area contributed by atoms with Crippen molar-refractivity contribution in [3.63, 3.8) is 0 Å². The number of rotatable bonds is 7. The largest absolute Gasteiger partial charge is 0.480 e. The van der Waals surface area contributed by atoms with Crippen LogP contribution in [0.1, 0.15) is 33.1 Å². The van der Waals surface area contributed by atoms with Crippen LogP contribution in [0.15, 0.2) is 0 Å². The molecule has 1 fully saturated rings. The van der Waals surface area contributed by atoms with Crippen LogP contribution in [0, 0.1) is 0 Å². The zero-order chi connectivity index (χ0) is 13.8. The number of nitrogens with one attached hydrogen (secondary N) is 1. The Morgan fingerprint density at radius 1 is 1.67 bits per heavy atom. The van der Waals surface area contributed by atoms with E-state index in [1.54, 1.807) is 14.2 Å². The molecule has 0 aliphatic heterocycles. The van der Waals surface area contributed by atoms with Crippen molar-refractivity contribution in [2.45, 2.75) is 50.7 Å². The molecule has 106 valence electrons. The van der Waals surface area contributed by atoms with E-state index in [0.29, 0.717) is 31.5 Å². The van der Waals surface area contributed by atoms with Gasteiger partial charge in [-0.3, -0.25) is 9.69 Å². The zero-order valence-electron chi connectivity index (χ0n) is 11.9. The lowest BCUT2D eigenvalue weighted by Gasteiger charge is -2.34. The molecule has 1 aliphatic carbocycles. The third-order valence-corrected chi connectivity index (χ3v) is 4.18. The molecule has 0 amide bonds. The summed E-state index contributed by atoms with van der Waals surface area (Å²) in [6.07, 6.45) is 2.29. The van der Waals surface area contributed by atoms with Crippen molar-refractivity contribution in [3.8, 4) is 0 Å². The molecule has 2 N–H and O–H groups in total. The molecule has 1 aliphatic rings. The number of aliphatic carboxylic acids is 1. The Kier molecular flexibility index (Phi) is 5.56. The van der Waals surface area contributed by atoms with Crippen molar-refractivity contribution in [3.05, 3.63) is 0 Å². The minimum atomic E-state index is -0.745. The van der Waals surface area contributed by atoms with Crippen LogP contribution in [0.4, 0.5) is 0 Å². The van der Waals surface area contributed by atoms with E-state index in [0.717, 1.165) is 13.0 Å². The lowest BCUT2D eigenvalue weighted by molar-refractivity contribution is -0.144. The molecule has 18 heavy (non-hydrogen) atoms. The monoisotopic (exact) mass is 258 g/mol. The van der Waals surface area contributed by atoms with Crippen LogP contribution in [0.3, 0.4) is 0 Å². The third kappa shape index (κ3) is 3.02. The summed E-state index contributed by atoms with van der Waals surface area (Å²) in [5.74, 6) is -0.733. The van der Waals surface area contributed by atoms with E-state index in [-0.39, 0.29) is 0 Å². The minimum Gasteiger partial charge on any atom is -0.480 e. The standard InChI is InChI=1S/C13H26N2O3/c1-5-15(10(2)9-18-4)11-6-7-13(8-11,14-3)12(16)17/h10-11,14H,5-9H2,1-4H3,(H,16,17). The Bertz CT molecular complexity index is 285. The highest BCUT2D eigenvalue weighted by molar-refractivity contribution is 5.79. The summed E-state index contributed by atoms with van der Waals surface area (Å²) < 4.78 is 5.20. The molecule has 5 heteroatoms. The lowest BCUT2D eigenvalue weighted by Crippen LogP contribution is -2.50. The maximum atomic E-state index is 11.4. The molecule has 0 aromatic carbocycles. The van der Waals surface area contributed by atoms with E-state index >= 15 is 0 Å².